The van der Waals surface area contributed by atoms with Crippen LogP contribution in [0.3, 0.4) is 0 Å². The second-order valence-electron chi connectivity index (χ2n) is 12.1. The van der Waals surface area contributed by atoms with Crippen LogP contribution in [0.15, 0.2) is 117 Å². The summed E-state index contributed by atoms with van der Waals surface area (Å²) in [6, 6.07) is 0. The van der Waals surface area contributed by atoms with Crippen molar-refractivity contribution in [2.75, 3.05) is 0 Å². The molecule has 0 bridgehead atoms. The predicted molar refractivity (Wildman–Crippen MR) is 186 cm³/mol. The molecule has 0 saturated heterocycles. The van der Waals surface area contributed by atoms with E-state index in [1.807, 2.05) is 0 Å². The molecule has 222 valence electrons. The van der Waals surface area contributed by atoms with Gasteiger partial charge >= 0.3 is 0 Å². The van der Waals surface area contributed by atoms with Gasteiger partial charge in [0, 0.05) is 0 Å². The Bertz CT molecular complexity index is 1010. The van der Waals surface area contributed by atoms with E-state index in [0.29, 0.717) is 0 Å². The molecule has 0 aliphatic rings. The molecule has 0 radical (unpaired) electrons. The van der Waals surface area contributed by atoms with Gasteiger partial charge in [-0.2, -0.15) is 0 Å². The summed E-state index contributed by atoms with van der Waals surface area (Å²) in [4.78, 5) is 0. The second kappa shape index (κ2) is 24.2. The number of hydrogen-bond donors (Lipinski definition) is 0. The lowest BCUT2D eigenvalue weighted by Crippen LogP contribution is -1.82. The molecule has 40 heavy (non-hydrogen) atoms. The number of hydrogen-bond acceptors (Lipinski definition) is 0. The van der Waals surface area contributed by atoms with E-state index in [9.17, 15) is 0 Å². The molecule has 0 aliphatic carbocycles. The lowest BCUT2D eigenvalue weighted by atomic mass is 10.0. The van der Waals surface area contributed by atoms with Crippen molar-refractivity contribution in [3.8, 4) is 0 Å². The first-order valence-electron chi connectivity index (χ1n) is 15.6. The van der Waals surface area contributed by atoms with Crippen LogP contribution < -0.4 is 0 Å². The van der Waals surface area contributed by atoms with E-state index in [4.69, 9.17) is 0 Å². The summed E-state index contributed by atoms with van der Waals surface area (Å²) >= 11 is 0. The quantitative estimate of drug-likeness (QED) is 0.112. The van der Waals surface area contributed by atoms with Gasteiger partial charge in [-0.05, 0) is 133 Å². The Morgan fingerprint density at radius 1 is 0.350 bits per heavy atom. The zero-order valence-corrected chi connectivity index (χ0v) is 28.0. The largest absolute Gasteiger partial charge is 0.0856 e. The molecule has 0 heterocycles. The molecule has 0 saturated carbocycles. The van der Waals surface area contributed by atoms with Gasteiger partial charge in [-0.25, -0.2) is 0 Å². The third-order valence-corrected chi connectivity index (χ3v) is 6.87. The highest BCUT2D eigenvalue weighted by molar-refractivity contribution is 5.27. The van der Waals surface area contributed by atoms with E-state index in [0.717, 1.165) is 38.5 Å². The van der Waals surface area contributed by atoms with Crippen molar-refractivity contribution >= 4 is 0 Å². The highest BCUT2D eigenvalue weighted by Gasteiger charge is 1.94. The molecule has 0 aromatic rings. The molecule has 0 N–H and O–H groups in total. The first kappa shape index (κ1) is 37.4. The molecule has 0 spiro atoms. The summed E-state index contributed by atoms with van der Waals surface area (Å²) < 4.78 is 0. The third kappa shape index (κ3) is 25.7. The molecule has 0 fully saturated rings. The van der Waals surface area contributed by atoms with E-state index in [2.05, 4.69) is 142 Å². The molecule has 0 heteroatoms. The summed E-state index contributed by atoms with van der Waals surface area (Å²) in [7, 11) is 0. The van der Waals surface area contributed by atoms with Crippen molar-refractivity contribution in [1.82, 2.24) is 0 Å². The van der Waals surface area contributed by atoms with Gasteiger partial charge in [0.15, 0.2) is 0 Å². The number of allylic oxidation sites excluding steroid dienone is 20. The molecule has 0 aromatic heterocycles. The predicted octanol–water partition coefficient (Wildman–Crippen LogP) is 13.6. The van der Waals surface area contributed by atoms with E-state index in [1.165, 1.54) is 70.3 Å². The standard InChI is InChI=1S/C40H62/c1-33(2)19-13-23-37(7)27-17-31-39(9)29-15-25-35(5)21-11-12-22-36(6)26-16-30-40(10)32-18-28-38(8)24-14-20-34(3)4/h11-12,15,19-22,25,27-30H,13-14,16-18,23-24,26,31-32H2,1-10H3/b12-11-,25-15+,35-21+,36-22+,37-27+,38-28+,39-29-,40-30+. The Kier molecular flexibility index (Phi) is 22.6. The van der Waals surface area contributed by atoms with Crippen LogP contribution in [-0.2, 0) is 0 Å². The van der Waals surface area contributed by atoms with Crippen LogP contribution in [0.25, 0.3) is 0 Å². The van der Waals surface area contributed by atoms with Gasteiger partial charge in [-0.15, -0.1) is 0 Å². The van der Waals surface area contributed by atoms with Gasteiger partial charge in [0.05, 0.1) is 0 Å². The van der Waals surface area contributed by atoms with Crippen molar-refractivity contribution in [2.45, 2.75) is 133 Å². The molecule has 0 rings (SSSR count). The van der Waals surface area contributed by atoms with Crippen LogP contribution in [0.4, 0.5) is 0 Å². The van der Waals surface area contributed by atoms with Crippen LogP contribution >= 0.6 is 0 Å². The van der Waals surface area contributed by atoms with Crippen molar-refractivity contribution in [1.29, 1.82) is 0 Å². The molecular formula is C40H62. The van der Waals surface area contributed by atoms with E-state index in [1.54, 1.807) is 0 Å². The van der Waals surface area contributed by atoms with Gasteiger partial charge < -0.3 is 0 Å². The summed E-state index contributed by atoms with van der Waals surface area (Å²) in [5, 5.41) is 0. The fraction of sp³-hybridized carbons (Fsp3) is 0.500. The summed E-state index contributed by atoms with van der Waals surface area (Å²) in [5.74, 6) is 0. The van der Waals surface area contributed by atoms with E-state index in [-0.39, 0.29) is 0 Å². The Hall–Kier alpha value is -2.60. The maximum Gasteiger partial charge on any atom is -0.0285 e. The molecule has 0 amide bonds. The molecular weight excluding hydrogens is 480 g/mol. The maximum absolute atomic E-state index is 2.42. The highest BCUT2D eigenvalue weighted by Crippen LogP contribution is 2.14. The summed E-state index contributed by atoms with van der Waals surface area (Å²) in [6.45, 7) is 22.1. The van der Waals surface area contributed by atoms with Crippen molar-refractivity contribution in [2.24, 2.45) is 0 Å². The average Bonchev–Trinajstić information content (AvgIpc) is 2.86. The van der Waals surface area contributed by atoms with E-state index >= 15 is 0 Å². The number of rotatable bonds is 19. The van der Waals surface area contributed by atoms with Crippen molar-refractivity contribution in [3.63, 3.8) is 0 Å². The van der Waals surface area contributed by atoms with Gasteiger partial charge in [0.1, 0.15) is 0 Å². The SMILES string of the molecule is CC(C)=CCC/C(C)=C/CC\C(C)=C/C=C/C(C)=C/C=C\C=C(/C)CC/C=C(\C)CC/C=C(\C)CCC=C(C)C. The molecule has 0 nitrogen and oxygen atoms in total. The fourth-order valence-corrected chi connectivity index (χ4v) is 4.14. The average molecular weight is 543 g/mol. The minimum atomic E-state index is 1.12. The van der Waals surface area contributed by atoms with Gasteiger partial charge in [-0.3, -0.25) is 0 Å². The molecule has 0 unspecified atom stereocenters. The van der Waals surface area contributed by atoms with Gasteiger partial charge in [0.2, 0.25) is 0 Å². The Morgan fingerprint density at radius 3 is 1.07 bits per heavy atom. The summed E-state index contributed by atoms with van der Waals surface area (Å²) in [5.41, 5.74) is 11.5. The minimum Gasteiger partial charge on any atom is -0.0856 e. The van der Waals surface area contributed by atoms with E-state index < -0.39 is 0 Å². The van der Waals surface area contributed by atoms with Crippen molar-refractivity contribution in [3.05, 3.63) is 117 Å². The minimum absolute atomic E-state index is 1.12. The monoisotopic (exact) mass is 542 g/mol. The second-order valence-corrected chi connectivity index (χ2v) is 12.1. The van der Waals surface area contributed by atoms with Crippen molar-refractivity contribution < 1.29 is 0 Å². The topological polar surface area (TPSA) is 0 Å². The smallest absolute Gasteiger partial charge is 0.0285 e. The van der Waals surface area contributed by atoms with Crippen LogP contribution in [0.5, 0.6) is 0 Å². The van der Waals surface area contributed by atoms with Gasteiger partial charge in [0.25, 0.3) is 0 Å². The fourth-order valence-electron chi connectivity index (χ4n) is 4.14. The van der Waals surface area contributed by atoms with Crippen LogP contribution in [0.2, 0.25) is 0 Å². The Morgan fingerprint density at radius 2 is 0.675 bits per heavy atom. The maximum atomic E-state index is 2.42. The highest BCUT2D eigenvalue weighted by atomic mass is 14.0. The summed E-state index contributed by atoms with van der Waals surface area (Å²) in [6.07, 6.45) is 38.8. The Labute approximate surface area is 250 Å². The molecule has 0 aromatic carbocycles. The molecule has 0 atom stereocenters. The zero-order valence-electron chi connectivity index (χ0n) is 28.0. The molecule has 0 aliphatic heterocycles. The van der Waals surface area contributed by atoms with Crippen LogP contribution in [0.1, 0.15) is 133 Å². The first-order chi connectivity index (χ1) is 19.0. The Balaban J connectivity index is 4.39. The lowest BCUT2D eigenvalue weighted by Gasteiger charge is -2.02. The normalized spacial score (nSPS) is 14.4. The zero-order chi connectivity index (χ0) is 30.2. The first-order valence-corrected chi connectivity index (χ1v) is 15.6. The van der Waals surface area contributed by atoms with Gasteiger partial charge in [-0.1, -0.05) is 117 Å². The lowest BCUT2D eigenvalue weighted by molar-refractivity contribution is 0.900. The van der Waals surface area contributed by atoms with Crippen LogP contribution in [-0.4, -0.2) is 0 Å². The van der Waals surface area contributed by atoms with Crippen LogP contribution in [0, 0.1) is 0 Å². The third-order valence-electron chi connectivity index (χ3n) is 6.87.